The van der Waals surface area contributed by atoms with E-state index in [0.29, 0.717) is 5.69 Å². The Bertz CT molecular complexity index is 578. The molecular weight excluding hydrogens is 350 g/mol. The maximum Gasteiger partial charge on any atom is 0.324 e. The van der Waals surface area contributed by atoms with Crippen molar-refractivity contribution in [2.45, 2.75) is 50.6 Å². The third-order valence-electron chi connectivity index (χ3n) is 3.20. The maximum atomic E-state index is 11.6. The van der Waals surface area contributed by atoms with Gasteiger partial charge in [0, 0.05) is 18.3 Å². The Hall–Kier alpha value is -2.54. The van der Waals surface area contributed by atoms with Gasteiger partial charge < -0.3 is 42.2 Å². The summed E-state index contributed by atoms with van der Waals surface area (Å²) in [5.41, 5.74) is 16.5. The van der Waals surface area contributed by atoms with Crippen molar-refractivity contribution in [3.63, 3.8) is 0 Å². The Morgan fingerprint density at radius 3 is 2.04 bits per heavy atom. The molecule has 0 bridgehead atoms. The van der Waals surface area contributed by atoms with Gasteiger partial charge in [0.05, 0.1) is 12.4 Å². The molecule has 0 aromatic carbocycles. The Kier molecular flexibility index (Phi) is 10.1. The molecule has 1 heterocycles. The molecule has 26 heavy (non-hydrogen) atoms. The number of aromatic amines is 1. The smallest absolute Gasteiger partial charge is 0.324 e. The third kappa shape index (κ3) is 8.53. The van der Waals surface area contributed by atoms with Gasteiger partial charge in [-0.2, -0.15) is 0 Å². The minimum Gasteiger partial charge on any atom is -0.480 e. The lowest BCUT2D eigenvalue weighted by Crippen LogP contribution is -2.45. The van der Waals surface area contributed by atoms with Crippen LogP contribution in [0.2, 0.25) is 0 Å². The number of nitrogens with zero attached hydrogens (tertiary/aromatic N) is 1. The van der Waals surface area contributed by atoms with Gasteiger partial charge in [0.15, 0.2) is 0 Å². The number of hydrogen-bond donors (Lipinski definition) is 7. The van der Waals surface area contributed by atoms with E-state index in [9.17, 15) is 14.4 Å². The highest BCUT2D eigenvalue weighted by Gasteiger charge is 2.26. The highest BCUT2D eigenvalue weighted by molar-refractivity contribution is 5.78. The highest BCUT2D eigenvalue weighted by Crippen LogP contribution is 2.03. The van der Waals surface area contributed by atoms with Crippen molar-refractivity contribution >= 4 is 17.9 Å². The van der Waals surface area contributed by atoms with Crippen molar-refractivity contribution in [1.29, 1.82) is 0 Å². The zero-order valence-corrected chi connectivity index (χ0v) is 14.4. The van der Waals surface area contributed by atoms with Gasteiger partial charge in [0.1, 0.15) is 24.2 Å². The molecule has 5 atom stereocenters. The highest BCUT2D eigenvalue weighted by atomic mass is 16.5. The minimum atomic E-state index is -1.27. The summed E-state index contributed by atoms with van der Waals surface area (Å²) in [6.45, 7) is 2.73. The summed E-state index contributed by atoms with van der Waals surface area (Å²) in [6, 6.07) is -3.32. The first-order valence-electron chi connectivity index (χ1n) is 7.55. The molecule has 0 unspecified atom stereocenters. The van der Waals surface area contributed by atoms with Gasteiger partial charge in [-0.15, -0.1) is 0 Å². The first-order valence-corrected chi connectivity index (χ1v) is 7.55. The van der Waals surface area contributed by atoms with Gasteiger partial charge in [0.25, 0.3) is 0 Å². The summed E-state index contributed by atoms with van der Waals surface area (Å²) in [7, 11) is 0. The first kappa shape index (κ1) is 23.5. The lowest BCUT2D eigenvalue weighted by Gasteiger charge is -2.19. The number of carbonyl (C=O) groups is 3. The van der Waals surface area contributed by atoms with Crippen molar-refractivity contribution in [2.75, 3.05) is 0 Å². The molecule has 0 aliphatic rings. The van der Waals surface area contributed by atoms with Crippen LogP contribution < -0.4 is 17.2 Å². The predicted octanol–water partition coefficient (Wildman–Crippen LogP) is -2.60. The van der Waals surface area contributed by atoms with E-state index in [-0.39, 0.29) is 6.42 Å². The number of rotatable bonds is 8. The molecule has 1 aromatic heterocycles. The standard InChI is InChI=1S/C10H16N4O4.C4H9NO3/c1-5(8(12)9(15)16)18-10(17)7(11)2-6-3-13-4-14-6;1-2(6)3(5)4(7)8/h3-5,7-8H,2,11-12H2,1H3,(H,13,14)(H,15,16);2-3,6H,5H2,1H3,(H,7,8)/t5-,7+,8+;2-,3+/m11/s1. The molecule has 12 nitrogen and oxygen atoms in total. The number of imidazole rings is 1. The van der Waals surface area contributed by atoms with Crippen LogP contribution >= 0.6 is 0 Å². The van der Waals surface area contributed by atoms with Crippen molar-refractivity contribution < 1.29 is 34.4 Å². The first-order chi connectivity index (χ1) is 12.0. The number of carboxylic acid groups (broad SMARTS) is 2. The Balaban J connectivity index is 0.000000660. The molecule has 10 N–H and O–H groups in total. The maximum absolute atomic E-state index is 11.6. The van der Waals surface area contributed by atoms with E-state index in [1.807, 2.05) is 0 Å². The molecule has 0 radical (unpaired) electrons. The van der Waals surface area contributed by atoms with E-state index in [0.717, 1.165) is 0 Å². The topological polar surface area (TPSA) is 228 Å². The summed E-state index contributed by atoms with van der Waals surface area (Å²) in [4.78, 5) is 38.6. The van der Waals surface area contributed by atoms with Gasteiger partial charge in [-0.05, 0) is 13.8 Å². The lowest BCUT2D eigenvalue weighted by atomic mass is 10.1. The van der Waals surface area contributed by atoms with Crippen LogP contribution in [0.15, 0.2) is 12.5 Å². The molecule has 0 saturated carbocycles. The quantitative estimate of drug-likeness (QED) is 0.233. The number of aliphatic hydroxyl groups is 1. The molecule has 0 aliphatic carbocycles. The van der Waals surface area contributed by atoms with Crippen LogP contribution in [0.3, 0.4) is 0 Å². The number of nitrogens with two attached hydrogens (primary N) is 3. The van der Waals surface area contributed by atoms with Gasteiger partial charge in [0.2, 0.25) is 0 Å². The minimum absolute atomic E-state index is 0.230. The van der Waals surface area contributed by atoms with Gasteiger partial charge in [-0.3, -0.25) is 14.4 Å². The number of esters is 1. The molecular formula is C14H25N5O7. The normalized spacial score (nSPS) is 16.2. The van der Waals surface area contributed by atoms with Crippen LogP contribution in [0.1, 0.15) is 19.5 Å². The number of carbonyl (C=O) groups excluding carboxylic acids is 1. The van der Waals surface area contributed by atoms with Crippen LogP contribution in [0.5, 0.6) is 0 Å². The van der Waals surface area contributed by atoms with Crippen molar-refractivity contribution in [3.05, 3.63) is 18.2 Å². The fraction of sp³-hybridized carbons (Fsp3) is 0.571. The SMILES string of the molecule is C[C@@H](O)[C@H](N)C(=O)O.C[C@@H](OC(=O)[C@@H](N)Cc1cnc[nH]1)[C@H](N)C(=O)O. The summed E-state index contributed by atoms with van der Waals surface area (Å²) >= 11 is 0. The molecule has 0 saturated heterocycles. The zero-order chi connectivity index (χ0) is 20.4. The zero-order valence-electron chi connectivity index (χ0n) is 14.4. The molecule has 12 heteroatoms. The van der Waals surface area contributed by atoms with E-state index in [1.165, 1.54) is 20.2 Å². The van der Waals surface area contributed by atoms with E-state index in [2.05, 4.69) is 9.97 Å². The number of ether oxygens (including phenoxy) is 1. The molecule has 0 fully saturated rings. The fourth-order valence-corrected chi connectivity index (χ4v) is 1.47. The Morgan fingerprint density at radius 1 is 1.15 bits per heavy atom. The predicted molar refractivity (Wildman–Crippen MR) is 88.7 cm³/mol. The largest absolute Gasteiger partial charge is 0.480 e. The van der Waals surface area contributed by atoms with E-state index in [4.69, 9.17) is 37.3 Å². The van der Waals surface area contributed by atoms with E-state index in [1.54, 1.807) is 6.20 Å². The molecule has 0 amide bonds. The van der Waals surface area contributed by atoms with E-state index >= 15 is 0 Å². The second-order valence-corrected chi connectivity index (χ2v) is 5.50. The van der Waals surface area contributed by atoms with Crippen molar-refractivity contribution in [3.8, 4) is 0 Å². The van der Waals surface area contributed by atoms with Crippen LogP contribution in [0.25, 0.3) is 0 Å². The van der Waals surface area contributed by atoms with E-state index < -0.39 is 48.2 Å². The van der Waals surface area contributed by atoms with Crippen LogP contribution in [-0.2, 0) is 25.5 Å². The molecule has 1 rings (SSSR count). The van der Waals surface area contributed by atoms with Gasteiger partial charge >= 0.3 is 17.9 Å². The number of H-pyrrole nitrogens is 1. The summed E-state index contributed by atoms with van der Waals surface area (Å²) in [5.74, 6) is -3.12. The Labute approximate surface area is 149 Å². The lowest BCUT2D eigenvalue weighted by molar-refractivity contribution is -0.154. The van der Waals surface area contributed by atoms with Crippen LogP contribution in [0, 0.1) is 0 Å². The average Bonchev–Trinajstić information content (AvgIpc) is 3.06. The molecule has 1 aromatic rings. The monoisotopic (exact) mass is 375 g/mol. The number of carboxylic acids is 2. The summed E-state index contributed by atoms with van der Waals surface area (Å²) < 4.78 is 4.88. The average molecular weight is 375 g/mol. The van der Waals surface area contributed by atoms with Crippen molar-refractivity contribution in [1.82, 2.24) is 9.97 Å². The number of nitrogens with one attached hydrogen (secondary N) is 1. The van der Waals surface area contributed by atoms with Crippen LogP contribution in [0.4, 0.5) is 0 Å². The molecule has 0 aliphatic heterocycles. The molecule has 0 spiro atoms. The number of aromatic nitrogens is 2. The third-order valence-corrected chi connectivity index (χ3v) is 3.20. The summed E-state index contributed by atoms with van der Waals surface area (Å²) in [6.07, 6.45) is 1.32. The van der Waals surface area contributed by atoms with Crippen LogP contribution in [-0.4, -0.2) is 73.5 Å². The number of hydrogen-bond acceptors (Lipinski definition) is 9. The second kappa shape index (κ2) is 11.1. The van der Waals surface area contributed by atoms with Crippen molar-refractivity contribution in [2.24, 2.45) is 17.2 Å². The number of aliphatic carboxylic acids is 2. The second-order valence-electron chi connectivity index (χ2n) is 5.50. The summed E-state index contributed by atoms with van der Waals surface area (Å²) in [5, 5.41) is 25.2. The van der Waals surface area contributed by atoms with Gasteiger partial charge in [-0.1, -0.05) is 0 Å². The molecule has 148 valence electrons. The Morgan fingerprint density at radius 2 is 1.69 bits per heavy atom. The van der Waals surface area contributed by atoms with Gasteiger partial charge in [-0.25, -0.2) is 4.98 Å². The number of aliphatic hydroxyl groups excluding tert-OH is 1. The fourth-order valence-electron chi connectivity index (χ4n) is 1.47.